The summed E-state index contributed by atoms with van der Waals surface area (Å²) in [6.07, 6.45) is 0.903. The first-order valence-electron chi connectivity index (χ1n) is 7.97. The van der Waals surface area contributed by atoms with Crippen LogP contribution in [0.25, 0.3) is 0 Å². The zero-order chi connectivity index (χ0) is 17.1. The lowest BCUT2D eigenvalue weighted by Crippen LogP contribution is -2.33. The fourth-order valence-corrected chi connectivity index (χ4v) is 4.58. The number of nitrogens with zero attached hydrogens (tertiary/aromatic N) is 1. The Morgan fingerprint density at radius 2 is 2.04 bits per heavy atom. The van der Waals surface area contributed by atoms with Crippen LogP contribution in [0.3, 0.4) is 0 Å². The van der Waals surface area contributed by atoms with Crippen molar-refractivity contribution in [1.82, 2.24) is 4.90 Å². The van der Waals surface area contributed by atoms with Crippen LogP contribution in [0.4, 0.5) is 4.39 Å². The summed E-state index contributed by atoms with van der Waals surface area (Å²) in [6, 6.07) is 12.3. The van der Waals surface area contributed by atoms with Crippen LogP contribution in [0.2, 0.25) is 5.02 Å². The van der Waals surface area contributed by atoms with Gasteiger partial charge in [0.1, 0.15) is 5.82 Å². The molecule has 2 aromatic carbocycles. The van der Waals surface area contributed by atoms with E-state index in [0.29, 0.717) is 23.9 Å². The van der Waals surface area contributed by atoms with Crippen LogP contribution in [0.15, 0.2) is 42.5 Å². The van der Waals surface area contributed by atoms with E-state index in [1.807, 2.05) is 22.7 Å². The van der Waals surface area contributed by atoms with Gasteiger partial charge in [-0.3, -0.25) is 4.79 Å². The molecule has 1 fully saturated rings. The van der Waals surface area contributed by atoms with E-state index in [0.717, 1.165) is 12.2 Å². The van der Waals surface area contributed by atoms with Crippen LogP contribution in [0.5, 0.6) is 0 Å². The van der Waals surface area contributed by atoms with Gasteiger partial charge in [-0.05, 0) is 42.7 Å². The molecule has 1 aliphatic heterocycles. The molecule has 1 aliphatic rings. The van der Waals surface area contributed by atoms with Crippen LogP contribution in [-0.4, -0.2) is 29.6 Å². The fourth-order valence-electron chi connectivity index (χ4n) is 3.00. The third-order valence-corrected chi connectivity index (χ3v) is 5.95. The average Bonchev–Trinajstić information content (AvgIpc) is 2.81. The Balaban J connectivity index is 1.73. The van der Waals surface area contributed by atoms with E-state index in [1.165, 1.54) is 29.3 Å². The lowest BCUT2D eigenvalue weighted by Gasteiger charge is -2.21. The van der Waals surface area contributed by atoms with Crippen molar-refractivity contribution in [2.45, 2.75) is 18.6 Å². The standard InChI is InChI=1S/C19H19ClFNOS/c1-13-4-2-3-5-15(13)18-8-9-22(10-11-24-18)19(23)16-7-6-14(21)12-17(16)20/h2-7,12,18H,8-11H2,1H3/t18-/m1/s1. The maximum absolute atomic E-state index is 13.2. The molecule has 126 valence electrons. The van der Waals surface area contributed by atoms with E-state index in [-0.39, 0.29) is 10.9 Å². The highest BCUT2D eigenvalue weighted by Gasteiger charge is 2.24. The minimum absolute atomic E-state index is 0.119. The van der Waals surface area contributed by atoms with Crippen molar-refractivity contribution in [2.75, 3.05) is 18.8 Å². The third kappa shape index (κ3) is 3.76. The predicted molar refractivity (Wildman–Crippen MR) is 98.3 cm³/mol. The van der Waals surface area contributed by atoms with E-state index in [2.05, 4.69) is 25.1 Å². The summed E-state index contributed by atoms with van der Waals surface area (Å²) in [5.74, 6) is 0.331. The Kier molecular flexibility index (Phi) is 5.47. The number of benzene rings is 2. The zero-order valence-electron chi connectivity index (χ0n) is 13.5. The number of carbonyl (C=O) groups is 1. The first-order chi connectivity index (χ1) is 11.6. The topological polar surface area (TPSA) is 20.3 Å². The minimum Gasteiger partial charge on any atom is -0.338 e. The second kappa shape index (κ2) is 7.58. The molecule has 0 unspecified atom stereocenters. The summed E-state index contributed by atoms with van der Waals surface area (Å²) in [5, 5.41) is 0.569. The van der Waals surface area contributed by atoms with Crippen molar-refractivity contribution >= 4 is 29.3 Å². The molecule has 0 radical (unpaired) electrons. The molecule has 1 amide bonds. The van der Waals surface area contributed by atoms with Crippen molar-refractivity contribution in [1.29, 1.82) is 0 Å². The van der Waals surface area contributed by atoms with Gasteiger partial charge in [-0.2, -0.15) is 11.8 Å². The van der Waals surface area contributed by atoms with Gasteiger partial charge in [0.25, 0.3) is 5.91 Å². The highest BCUT2D eigenvalue weighted by Crippen LogP contribution is 2.36. The SMILES string of the molecule is Cc1ccccc1[C@H]1CCN(C(=O)c2ccc(F)cc2Cl)CCS1. The Bertz CT molecular complexity index is 752. The number of hydrogen-bond donors (Lipinski definition) is 0. The van der Waals surface area contributed by atoms with E-state index in [9.17, 15) is 9.18 Å². The van der Waals surface area contributed by atoms with Gasteiger partial charge < -0.3 is 4.90 Å². The van der Waals surface area contributed by atoms with E-state index in [4.69, 9.17) is 11.6 Å². The van der Waals surface area contributed by atoms with Crippen molar-refractivity contribution in [3.8, 4) is 0 Å². The van der Waals surface area contributed by atoms with Gasteiger partial charge in [0.05, 0.1) is 10.6 Å². The lowest BCUT2D eigenvalue weighted by molar-refractivity contribution is 0.0766. The van der Waals surface area contributed by atoms with Gasteiger partial charge in [0.2, 0.25) is 0 Å². The molecule has 1 heterocycles. The summed E-state index contributed by atoms with van der Waals surface area (Å²) in [6.45, 7) is 3.49. The molecule has 1 saturated heterocycles. The van der Waals surface area contributed by atoms with Gasteiger partial charge >= 0.3 is 0 Å². The molecule has 1 atom stereocenters. The molecular weight excluding hydrogens is 345 g/mol. The number of halogens is 2. The molecule has 0 bridgehead atoms. The van der Waals surface area contributed by atoms with E-state index in [1.54, 1.807) is 0 Å². The third-order valence-electron chi connectivity index (χ3n) is 4.33. The second-order valence-electron chi connectivity index (χ2n) is 5.92. The molecule has 0 saturated carbocycles. The lowest BCUT2D eigenvalue weighted by atomic mass is 10.0. The van der Waals surface area contributed by atoms with Crippen LogP contribution in [-0.2, 0) is 0 Å². The van der Waals surface area contributed by atoms with Gasteiger partial charge in [-0.15, -0.1) is 0 Å². The largest absolute Gasteiger partial charge is 0.338 e. The van der Waals surface area contributed by atoms with Crippen LogP contribution in [0.1, 0.15) is 33.2 Å². The Hall–Kier alpha value is -1.52. The smallest absolute Gasteiger partial charge is 0.255 e. The Morgan fingerprint density at radius 3 is 2.79 bits per heavy atom. The first kappa shape index (κ1) is 17.3. The van der Waals surface area contributed by atoms with Gasteiger partial charge in [-0.1, -0.05) is 35.9 Å². The first-order valence-corrected chi connectivity index (χ1v) is 9.40. The molecule has 0 aromatic heterocycles. The maximum Gasteiger partial charge on any atom is 0.255 e. The van der Waals surface area contributed by atoms with Gasteiger partial charge in [0.15, 0.2) is 0 Å². The molecular formula is C19H19ClFNOS. The molecule has 2 aromatic rings. The molecule has 2 nitrogen and oxygen atoms in total. The monoisotopic (exact) mass is 363 g/mol. The van der Waals surface area contributed by atoms with Crippen LogP contribution in [0, 0.1) is 12.7 Å². The predicted octanol–water partition coefficient (Wildman–Crippen LogP) is 5.11. The number of rotatable bonds is 2. The molecule has 3 rings (SSSR count). The molecule has 5 heteroatoms. The fraction of sp³-hybridized carbons (Fsp3) is 0.316. The van der Waals surface area contributed by atoms with Crippen molar-refractivity contribution in [3.05, 3.63) is 70.0 Å². The number of hydrogen-bond acceptors (Lipinski definition) is 2. The summed E-state index contributed by atoms with van der Waals surface area (Å²) < 4.78 is 13.2. The normalized spacial score (nSPS) is 18.3. The van der Waals surface area contributed by atoms with Gasteiger partial charge in [-0.25, -0.2) is 4.39 Å². The average molecular weight is 364 g/mol. The molecule has 0 N–H and O–H groups in total. The maximum atomic E-state index is 13.2. The van der Waals surface area contributed by atoms with Crippen LogP contribution < -0.4 is 0 Å². The van der Waals surface area contributed by atoms with Crippen molar-refractivity contribution in [2.24, 2.45) is 0 Å². The number of aryl methyl sites for hydroxylation is 1. The van der Waals surface area contributed by atoms with Gasteiger partial charge in [0, 0.05) is 24.1 Å². The van der Waals surface area contributed by atoms with E-state index >= 15 is 0 Å². The minimum atomic E-state index is -0.428. The van der Waals surface area contributed by atoms with Crippen LogP contribution >= 0.6 is 23.4 Å². The zero-order valence-corrected chi connectivity index (χ0v) is 15.0. The summed E-state index contributed by atoms with van der Waals surface area (Å²) in [5.41, 5.74) is 3.00. The molecule has 0 spiro atoms. The van der Waals surface area contributed by atoms with E-state index < -0.39 is 5.82 Å². The highest BCUT2D eigenvalue weighted by atomic mass is 35.5. The number of thioether (sulfide) groups is 1. The summed E-state index contributed by atoms with van der Waals surface area (Å²) in [4.78, 5) is 14.5. The quantitative estimate of drug-likeness (QED) is 0.739. The molecule has 0 aliphatic carbocycles. The number of amides is 1. The summed E-state index contributed by atoms with van der Waals surface area (Å²) >= 11 is 7.92. The van der Waals surface area contributed by atoms with Crippen molar-refractivity contribution in [3.63, 3.8) is 0 Å². The Morgan fingerprint density at radius 1 is 1.25 bits per heavy atom. The summed E-state index contributed by atoms with van der Waals surface area (Å²) in [7, 11) is 0. The second-order valence-corrected chi connectivity index (χ2v) is 7.64. The Labute approximate surface area is 151 Å². The highest BCUT2D eigenvalue weighted by molar-refractivity contribution is 7.99. The van der Waals surface area contributed by atoms with Crippen molar-refractivity contribution < 1.29 is 9.18 Å². The molecule has 24 heavy (non-hydrogen) atoms. The number of carbonyl (C=O) groups excluding carboxylic acids is 1.